The Balaban J connectivity index is 1.39. The van der Waals surface area contributed by atoms with E-state index in [4.69, 9.17) is 4.74 Å². The monoisotopic (exact) mass is 478 g/mol. The van der Waals surface area contributed by atoms with Crippen LogP contribution in [0.3, 0.4) is 0 Å². The normalized spacial score (nSPS) is 17.1. The van der Waals surface area contributed by atoms with Crippen molar-refractivity contribution in [1.82, 2.24) is 10.6 Å². The van der Waals surface area contributed by atoms with E-state index in [1.165, 1.54) is 0 Å². The molecule has 3 N–H and O–H groups in total. The first-order chi connectivity index (χ1) is 16.7. The summed E-state index contributed by atoms with van der Waals surface area (Å²) in [5.74, 6) is -1.20. The van der Waals surface area contributed by atoms with Crippen LogP contribution in [0.4, 0.5) is 4.79 Å². The fourth-order valence-electron chi connectivity index (χ4n) is 5.15. The number of amides is 2. The van der Waals surface area contributed by atoms with Gasteiger partial charge in [0.25, 0.3) is 0 Å². The van der Waals surface area contributed by atoms with Gasteiger partial charge in [0.15, 0.2) is 0 Å². The summed E-state index contributed by atoms with van der Waals surface area (Å²) >= 11 is 0. The van der Waals surface area contributed by atoms with Gasteiger partial charge in [0.05, 0.1) is 5.54 Å². The lowest BCUT2D eigenvalue weighted by Crippen LogP contribution is -2.52. The molecule has 186 valence electrons. The molecule has 4 rings (SSSR count). The molecule has 2 aromatic rings. The van der Waals surface area contributed by atoms with Crippen LogP contribution in [0, 0.1) is 11.8 Å². The number of ether oxygens (including phenoxy) is 1. The Labute approximate surface area is 206 Å². The molecule has 2 aliphatic carbocycles. The van der Waals surface area contributed by atoms with Crippen LogP contribution < -0.4 is 10.6 Å². The molecule has 0 heterocycles. The van der Waals surface area contributed by atoms with E-state index in [1.807, 2.05) is 45.0 Å². The van der Waals surface area contributed by atoms with Crippen LogP contribution in [0.15, 0.2) is 48.5 Å². The summed E-state index contributed by atoms with van der Waals surface area (Å²) < 4.78 is 5.69. The molecule has 2 aliphatic rings. The lowest BCUT2D eigenvalue weighted by atomic mass is 9.91. The number of carboxylic acids is 1. The predicted octanol–water partition coefficient (Wildman–Crippen LogP) is 4.70. The van der Waals surface area contributed by atoms with Gasteiger partial charge in [-0.25, -0.2) is 9.59 Å². The maximum absolute atomic E-state index is 12.9. The molecule has 0 radical (unpaired) electrons. The van der Waals surface area contributed by atoms with Gasteiger partial charge >= 0.3 is 12.1 Å². The minimum Gasteiger partial charge on any atom is -0.480 e. The van der Waals surface area contributed by atoms with Crippen molar-refractivity contribution in [3.05, 3.63) is 59.7 Å². The molecule has 1 unspecified atom stereocenters. The molecule has 7 heteroatoms. The first-order valence-corrected chi connectivity index (χ1v) is 12.3. The SMILES string of the molecule is CC(C)C[C@H](NC(=O)CC(C)(NC(=O)OCC1c2ccccc2-c2ccccc21)C1CC1)C(=O)O. The van der Waals surface area contributed by atoms with Crippen molar-refractivity contribution in [3.8, 4) is 11.1 Å². The second-order valence-electron chi connectivity index (χ2n) is 10.4. The summed E-state index contributed by atoms with van der Waals surface area (Å²) in [7, 11) is 0. The average molecular weight is 479 g/mol. The van der Waals surface area contributed by atoms with Crippen LogP contribution in [-0.2, 0) is 14.3 Å². The Morgan fingerprint density at radius 3 is 2.11 bits per heavy atom. The highest BCUT2D eigenvalue weighted by atomic mass is 16.5. The summed E-state index contributed by atoms with van der Waals surface area (Å²) in [5.41, 5.74) is 3.79. The first-order valence-electron chi connectivity index (χ1n) is 12.3. The topological polar surface area (TPSA) is 105 Å². The van der Waals surface area contributed by atoms with E-state index < -0.39 is 23.6 Å². The Morgan fingerprint density at radius 1 is 1.03 bits per heavy atom. The number of nitrogens with one attached hydrogen (secondary N) is 2. The standard InChI is InChI=1S/C28H34N2O5/c1-17(2)14-24(26(32)33)29-25(31)15-28(3,18-12-13-18)30-27(34)35-16-23-21-10-6-4-8-19(21)20-9-5-7-11-22(20)23/h4-11,17-18,23-24H,12-16H2,1-3H3,(H,29,31)(H,30,34)(H,32,33)/t24-,28?/m0/s1. The quantitative estimate of drug-likeness (QED) is 0.459. The van der Waals surface area contributed by atoms with Crippen LogP contribution in [0.25, 0.3) is 11.1 Å². The lowest BCUT2D eigenvalue weighted by molar-refractivity contribution is -0.142. The van der Waals surface area contributed by atoms with Crippen molar-refractivity contribution in [1.29, 1.82) is 0 Å². The fourth-order valence-corrected chi connectivity index (χ4v) is 5.15. The molecule has 2 aromatic carbocycles. The van der Waals surface area contributed by atoms with Gasteiger partial charge in [-0.2, -0.15) is 0 Å². The Kier molecular flexibility index (Phi) is 7.15. The minimum atomic E-state index is -1.05. The number of hydrogen-bond donors (Lipinski definition) is 3. The molecule has 0 bridgehead atoms. The summed E-state index contributed by atoms with van der Waals surface area (Å²) in [6, 6.07) is 15.4. The van der Waals surface area contributed by atoms with Crippen LogP contribution in [0.2, 0.25) is 0 Å². The van der Waals surface area contributed by atoms with Crippen molar-refractivity contribution in [2.45, 2.75) is 64.0 Å². The molecule has 7 nitrogen and oxygen atoms in total. The third kappa shape index (κ3) is 5.66. The van der Waals surface area contributed by atoms with Crippen LogP contribution in [0.1, 0.15) is 63.5 Å². The van der Waals surface area contributed by atoms with Crippen LogP contribution >= 0.6 is 0 Å². The Bertz CT molecular complexity index is 1060. The van der Waals surface area contributed by atoms with Gasteiger partial charge in [-0.15, -0.1) is 0 Å². The van der Waals surface area contributed by atoms with Gasteiger partial charge < -0.3 is 20.5 Å². The van der Waals surface area contributed by atoms with Gasteiger partial charge in [-0.3, -0.25) is 4.79 Å². The summed E-state index contributed by atoms with van der Waals surface area (Å²) in [6.45, 7) is 5.86. The van der Waals surface area contributed by atoms with Crippen molar-refractivity contribution in [3.63, 3.8) is 0 Å². The van der Waals surface area contributed by atoms with Gasteiger partial charge in [-0.05, 0) is 60.3 Å². The number of carboxylic acid groups (broad SMARTS) is 1. The maximum atomic E-state index is 12.9. The first kappa shape index (κ1) is 24.8. The summed E-state index contributed by atoms with van der Waals surface area (Å²) in [6.07, 6.45) is 1.60. The molecular weight excluding hydrogens is 444 g/mol. The molecule has 1 saturated carbocycles. The smallest absolute Gasteiger partial charge is 0.407 e. The zero-order chi connectivity index (χ0) is 25.2. The number of carbonyl (C=O) groups excluding carboxylic acids is 2. The van der Waals surface area contributed by atoms with E-state index in [2.05, 4.69) is 34.9 Å². The zero-order valence-corrected chi connectivity index (χ0v) is 20.5. The molecule has 2 atom stereocenters. The van der Waals surface area contributed by atoms with Crippen molar-refractivity contribution < 1.29 is 24.2 Å². The molecular formula is C28H34N2O5. The highest BCUT2D eigenvalue weighted by Crippen LogP contribution is 2.45. The number of hydrogen-bond acceptors (Lipinski definition) is 4. The number of rotatable bonds is 10. The van der Waals surface area contributed by atoms with Gasteiger partial charge in [0, 0.05) is 12.3 Å². The summed E-state index contributed by atoms with van der Waals surface area (Å²) in [5, 5.41) is 15.0. The number of benzene rings is 2. The number of carbonyl (C=O) groups is 3. The van der Waals surface area contributed by atoms with E-state index in [0.29, 0.717) is 6.42 Å². The number of fused-ring (bicyclic) bond motifs is 3. The average Bonchev–Trinajstić information content (AvgIpc) is 3.61. The van der Waals surface area contributed by atoms with E-state index in [1.54, 1.807) is 0 Å². The lowest BCUT2D eigenvalue weighted by Gasteiger charge is -2.31. The molecule has 0 spiro atoms. The summed E-state index contributed by atoms with van der Waals surface area (Å²) in [4.78, 5) is 37.2. The third-order valence-electron chi connectivity index (χ3n) is 7.08. The number of aliphatic carboxylic acids is 1. The molecule has 35 heavy (non-hydrogen) atoms. The van der Waals surface area contributed by atoms with E-state index >= 15 is 0 Å². The molecule has 1 fully saturated rings. The van der Waals surface area contributed by atoms with Crippen LogP contribution in [0.5, 0.6) is 0 Å². The Hall–Kier alpha value is -3.35. The second-order valence-corrected chi connectivity index (χ2v) is 10.4. The van der Waals surface area contributed by atoms with Crippen LogP contribution in [-0.4, -0.2) is 41.3 Å². The molecule has 0 aromatic heterocycles. The maximum Gasteiger partial charge on any atom is 0.407 e. The number of alkyl carbamates (subject to hydrolysis) is 1. The predicted molar refractivity (Wildman–Crippen MR) is 133 cm³/mol. The van der Waals surface area contributed by atoms with Gasteiger partial charge in [0.1, 0.15) is 12.6 Å². The molecule has 2 amide bonds. The second kappa shape index (κ2) is 10.1. The van der Waals surface area contributed by atoms with Gasteiger partial charge in [-0.1, -0.05) is 62.4 Å². The fraction of sp³-hybridized carbons (Fsp3) is 0.464. The highest BCUT2D eigenvalue weighted by Gasteiger charge is 2.45. The molecule has 0 aliphatic heterocycles. The van der Waals surface area contributed by atoms with Gasteiger partial charge in [0.2, 0.25) is 5.91 Å². The van der Waals surface area contributed by atoms with Crippen molar-refractivity contribution in [2.24, 2.45) is 11.8 Å². The third-order valence-corrected chi connectivity index (χ3v) is 7.08. The largest absolute Gasteiger partial charge is 0.480 e. The van der Waals surface area contributed by atoms with E-state index in [0.717, 1.165) is 35.1 Å². The Morgan fingerprint density at radius 2 is 1.60 bits per heavy atom. The molecule has 0 saturated heterocycles. The zero-order valence-electron chi connectivity index (χ0n) is 20.5. The van der Waals surface area contributed by atoms with Crippen molar-refractivity contribution >= 4 is 18.0 Å². The van der Waals surface area contributed by atoms with E-state index in [-0.39, 0.29) is 36.7 Å². The van der Waals surface area contributed by atoms with Crippen molar-refractivity contribution in [2.75, 3.05) is 6.61 Å². The minimum absolute atomic E-state index is 0.00371. The highest BCUT2D eigenvalue weighted by molar-refractivity contribution is 5.85. The van der Waals surface area contributed by atoms with E-state index in [9.17, 15) is 19.5 Å².